The molecule has 0 radical (unpaired) electrons. The molecule has 104 valence electrons. The standard InChI is InChI=1S/C13H18ClN3O2/c1-16-7-9-6-10(14)2-3-11(9)17-4-5-19-8-12(17)13(15)18/h2-3,6,12,16H,4-5,7-8H2,1H3,(H2,15,18). The molecule has 1 aromatic carbocycles. The van der Waals surface area contributed by atoms with Crippen molar-refractivity contribution in [3.8, 4) is 0 Å². The Morgan fingerprint density at radius 3 is 3.11 bits per heavy atom. The van der Waals surface area contributed by atoms with Gasteiger partial charge in [0.15, 0.2) is 0 Å². The van der Waals surface area contributed by atoms with Crippen LogP contribution in [0.15, 0.2) is 18.2 Å². The number of morpholine rings is 1. The molecule has 0 aromatic heterocycles. The summed E-state index contributed by atoms with van der Waals surface area (Å²) in [6, 6.07) is 5.23. The lowest BCUT2D eigenvalue weighted by molar-refractivity contribution is -0.121. The van der Waals surface area contributed by atoms with Crippen LogP contribution in [-0.2, 0) is 16.1 Å². The Morgan fingerprint density at radius 2 is 2.42 bits per heavy atom. The lowest BCUT2D eigenvalue weighted by Gasteiger charge is -2.36. The molecule has 1 fully saturated rings. The van der Waals surface area contributed by atoms with E-state index in [9.17, 15) is 4.79 Å². The topological polar surface area (TPSA) is 67.6 Å². The molecular weight excluding hydrogens is 266 g/mol. The number of nitrogens with one attached hydrogen (secondary N) is 1. The second kappa shape index (κ2) is 6.23. The molecule has 1 amide bonds. The number of primary amides is 1. The van der Waals surface area contributed by atoms with Crippen molar-refractivity contribution in [2.24, 2.45) is 5.73 Å². The monoisotopic (exact) mass is 283 g/mol. The summed E-state index contributed by atoms with van der Waals surface area (Å²) in [6.07, 6.45) is 0. The number of nitrogens with two attached hydrogens (primary N) is 1. The van der Waals surface area contributed by atoms with Gasteiger partial charge in [-0.25, -0.2) is 0 Å². The third-order valence-corrected chi connectivity index (χ3v) is 3.41. The van der Waals surface area contributed by atoms with Crippen LogP contribution in [0.25, 0.3) is 0 Å². The molecule has 1 aliphatic heterocycles. The minimum absolute atomic E-state index is 0.330. The third kappa shape index (κ3) is 3.18. The van der Waals surface area contributed by atoms with Gasteiger partial charge in [0.1, 0.15) is 6.04 Å². The average molecular weight is 284 g/mol. The van der Waals surface area contributed by atoms with E-state index in [2.05, 4.69) is 5.32 Å². The Bertz CT molecular complexity index is 467. The van der Waals surface area contributed by atoms with E-state index in [4.69, 9.17) is 22.1 Å². The highest BCUT2D eigenvalue weighted by molar-refractivity contribution is 6.30. The summed E-state index contributed by atoms with van der Waals surface area (Å²) >= 11 is 6.03. The van der Waals surface area contributed by atoms with E-state index in [0.717, 1.165) is 11.3 Å². The largest absolute Gasteiger partial charge is 0.377 e. The summed E-state index contributed by atoms with van der Waals surface area (Å²) in [5.74, 6) is -0.370. The molecule has 1 aromatic rings. The maximum absolute atomic E-state index is 11.5. The van der Waals surface area contributed by atoms with E-state index in [1.165, 1.54) is 0 Å². The normalized spacial score (nSPS) is 19.5. The van der Waals surface area contributed by atoms with Crippen molar-refractivity contribution in [1.29, 1.82) is 0 Å². The number of ether oxygens (including phenoxy) is 1. The quantitative estimate of drug-likeness (QED) is 0.856. The van der Waals surface area contributed by atoms with E-state index in [0.29, 0.717) is 31.3 Å². The summed E-state index contributed by atoms with van der Waals surface area (Å²) in [6.45, 7) is 2.24. The van der Waals surface area contributed by atoms with Gasteiger partial charge in [0.25, 0.3) is 0 Å². The lowest BCUT2D eigenvalue weighted by atomic mass is 10.1. The summed E-state index contributed by atoms with van der Waals surface area (Å²) < 4.78 is 5.33. The van der Waals surface area contributed by atoms with Gasteiger partial charge in [0.2, 0.25) is 5.91 Å². The van der Waals surface area contributed by atoms with Crippen LogP contribution in [-0.4, -0.2) is 38.8 Å². The number of nitrogens with zero attached hydrogens (tertiary/aromatic N) is 1. The van der Waals surface area contributed by atoms with Gasteiger partial charge in [-0.1, -0.05) is 11.6 Å². The number of hydrogen-bond acceptors (Lipinski definition) is 4. The molecule has 1 saturated heterocycles. The molecule has 6 heteroatoms. The molecule has 0 spiro atoms. The van der Waals surface area contributed by atoms with Crippen molar-refractivity contribution in [3.05, 3.63) is 28.8 Å². The van der Waals surface area contributed by atoms with Crippen LogP contribution in [0.3, 0.4) is 0 Å². The lowest BCUT2D eigenvalue weighted by Crippen LogP contribution is -2.53. The molecule has 1 atom stereocenters. The van der Waals surface area contributed by atoms with Crippen molar-refractivity contribution in [1.82, 2.24) is 5.32 Å². The van der Waals surface area contributed by atoms with E-state index in [1.54, 1.807) is 0 Å². The number of anilines is 1. The zero-order valence-electron chi connectivity index (χ0n) is 10.9. The Morgan fingerprint density at radius 1 is 1.63 bits per heavy atom. The summed E-state index contributed by atoms with van der Waals surface area (Å²) in [5.41, 5.74) is 7.47. The maximum Gasteiger partial charge on any atom is 0.242 e. The fourth-order valence-corrected chi connectivity index (χ4v) is 2.49. The van der Waals surface area contributed by atoms with Gasteiger partial charge in [0.05, 0.1) is 13.2 Å². The molecule has 1 aliphatic rings. The van der Waals surface area contributed by atoms with Gasteiger partial charge in [-0.05, 0) is 30.8 Å². The highest BCUT2D eigenvalue weighted by atomic mass is 35.5. The zero-order chi connectivity index (χ0) is 13.8. The van der Waals surface area contributed by atoms with Crippen molar-refractivity contribution in [2.75, 3.05) is 31.7 Å². The first-order valence-corrected chi connectivity index (χ1v) is 6.58. The fraction of sp³-hybridized carbons (Fsp3) is 0.462. The number of hydrogen-bond donors (Lipinski definition) is 2. The Hall–Kier alpha value is -1.30. The van der Waals surface area contributed by atoms with Crippen LogP contribution in [0.1, 0.15) is 5.56 Å². The van der Waals surface area contributed by atoms with E-state index in [1.807, 2.05) is 30.1 Å². The first-order valence-electron chi connectivity index (χ1n) is 6.20. The molecule has 5 nitrogen and oxygen atoms in total. The minimum Gasteiger partial charge on any atom is -0.377 e. The average Bonchev–Trinajstić information content (AvgIpc) is 2.39. The first kappa shape index (κ1) is 14.1. The molecule has 3 N–H and O–H groups in total. The van der Waals surface area contributed by atoms with Crippen molar-refractivity contribution >= 4 is 23.2 Å². The van der Waals surface area contributed by atoms with E-state index >= 15 is 0 Å². The number of benzene rings is 1. The third-order valence-electron chi connectivity index (χ3n) is 3.18. The molecule has 1 heterocycles. The van der Waals surface area contributed by atoms with Crippen molar-refractivity contribution in [2.45, 2.75) is 12.6 Å². The molecule has 19 heavy (non-hydrogen) atoms. The van der Waals surface area contributed by atoms with E-state index < -0.39 is 6.04 Å². The van der Waals surface area contributed by atoms with Crippen LogP contribution in [0.2, 0.25) is 5.02 Å². The Balaban J connectivity index is 2.35. The highest BCUT2D eigenvalue weighted by Crippen LogP contribution is 2.27. The molecular formula is C13H18ClN3O2. The number of amides is 1. The van der Waals surface area contributed by atoms with Crippen LogP contribution in [0, 0.1) is 0 Å². The van der Waals surface area contributed by atoms with E-state index in [-0.39, 0.29) is 5.91 Å². The second-order valence-corrected chi connectivity index (χ2v) is 4.93. The maximum atomic E-state index is 11.5. The van der Waals surface area contributed by atoms with Crippen molar-refractivity contribution in [3.63, 3.8) is 0 Å². The Labute approximate surface area is 117 Å². The molecule has 1 unspecified atom stereocenters. The summed E-state index contributed by atoms with van der Waals surface area (Å²) in [7, 11) is 1.87. The van der Waals surface area contributed by atoms with Gasteiger partial charge >= 0.3 is 0 Å². The number of carbonyl (C=O) groups excluding carboxylic acids is 1. The van der Waals surface area contributed by atoms with Crippen LogP contribution < -0.4 is 16.0 Å². The molecule has 0 aliphatic carbocycles. The SMILES string of the molecule is CNCc1cc(Cl)ccc1N1CCOCC1C(N)=O. The van der Waals surface area contributed by atoms with Crippen LogP contribution in [0.5, 0.6) is 0 Å². The van der Waals surface area contributed by atoms with Gasteiger partial charge in [-0.15, -0.1) is 0 Å². The molecule has 2 rings (SSSR count). The van der Waals surface area contributed by atoms with Gasteiger partial charge < -0.3 is 20.7 Å². The fourth-order valence-electron chi connectivity index (χ4n) is 2.29. The van der Waals surface area contributed by atoms with Crippen LogP contribution in [0.4, 0.5) is 5.69 Å². The smallest absolute Gasteiger partial charge is 0.242 e. The number of halogens is 1. The van der Waals surface area contributed by atoms with Gasteiger partial charge in [0, 0.05) is 23.8 Å². The highest BCUT2D eigenvalue weighted by Gasteiger charge is 2.29. The summed E-state index contributed by atoms with van der Waals surface area (Å²) in [4.78, 5) is 13.5. The van der Waals surface area contributed by atoms with Crippen LogP contribution >= 0.6 is 11.6 Å². The first-order chi connectivity index (χ1) is 9.13. The Kier molecular flexibility index (Phi) is 4.63. The number of carbonyl (C=O) groups is 1. The zero-order valence-corrected chi connectivity index (χ0v) is 11.6. The van der Waals surface area contributed by atoms with Crippen molar-refractivity contribution < 1.29 is 9.53 Å². The predicted molar refractivity (Wildman–Crippen MR) is 75.4 cm³/mol. The summed E-state index contributed by atoms with van der Waals surface area (Å²) in [5, 5.41) is 3.78. The number of rotatable bonds is 4. The predicted octanol–water partition coefficient (Wildman–Crippen LogP) is 0.750. The second-order valence-electron chi connectivity index (χ2n) is 4.49. The van der Waals surface area contributed by atoms with Gasteiger partial charge in [-0.2, -0.15) is 0 Å². The van der Waals surface area contributed by atoms with Gasteiger partial charge in [-0.3, -0.25) is 4.79 Å². The molecule has 0 bridgehead atoms. The molecule has 0 saturated carbocycles. The minimum atomic E-state index is -0.425.